The van der Waals surface area contributed by atoms with Crippen molar-refractivity contribution in [2.24, 2.45) is 0 Å². The average molecular weight is 441 g/mol. The van der Waals surface area contributed by atoms with Crippen LogP contribution in [0.3, 0.4) is 0 Å². The smallest absolute Gasteiger partial charge is 0.311 e. The molecule has 0 unspecified atom stereocenters. The Hall–Kier alpha value is -1.36. The van der Waals surface area contributed by atoms with Gasteiger partial charge in [0.15, 0.2) is 11.5 Å². The van der Waals surface area contributed by atoms with Crippen LogP contribution in [-0.2, 0) is 9.59 Å². The first-order chi connectivity index (χ1) is 13.1. The number of esters is 2. The second-order valence-electron chi connectivity index (χ2n) is 6.87. The van der Waals surface area contributed by atoms with Gasteiger partial charge in [-0.15, -0.1) is 0 Å². The van der Waals surface area contributed by atoms with E-state index < -0.39 is 0 Å². The van der Waals surface area contributed by atoms with E-state index in [1.54, 1.807) is 18.2 Å². The second kappa shape index (κ2) is 14.7. The Bertz CT molecular complexity index is 571. The van der Waals surface area contributed by atoms with Crippen LogP contribution in [0.1, 0.15) is 90.9 Å². The summed E-state index contributed by atoms with van der Waals surface area (Å²) in [6.45, 7) is 4.32. The zero-order chi connectivity index (χ0) is 19.9. The number of ether oxygens (including phenoxy) is 2. The lowest BCUT2D eigenvalue weighted by Gasteiger charge is -2.11. The van der Waals surface area contributed by atoms with Crippen molar-refractivity contribution >= 4 is 27.9 Å². The van der Waals surface area contributed by atoms with Crippen molar-refractivity contribution in [3.05, 3.63) is 22.7 Å². The molecule has 0 bridgehead atoms. The van der Waals surface area contributed by atoms with Gasteiger partial charge in [-0.25, -0.2) is 0 Å². The zero-order valence-electron chi connectivity index (χ0n) is 16.7. The van der Waals surface area contributed by atoms with Gasteiger partial charge in [-0.3, -0.25) is 9.59 Å². The average Bonchev–Trinajstić information content (AvgIpc) is 2.63. The molecule has 0 aliphatic rings. The molecule has 0 aliphatic carbocycles. The highest BCUT2D eigenvalue weighted by molar-refractivity contribution is 9.10. The third-order valence-corrected chi connectivity index (χ3v) is 4.82. The molecular weight excluding hydrogens is 408 g/mol. The van der Waals surface area contributed by atoms with E-state index in [1.165, 1.54) is 25.7 Å². The molecule has 5 heteroatoms. The van der Waals surface area contributed by atoms with E-state index in [0.29, 0.717) is 24.3 Å². The van der Waals surface area contributed by atoms with Gasteiger partial charge >= 0.3 is 11.9 Å². The molecule has 0 saturated carbocycles. The van der Waals surface area contributed by atoms with Crippen LogP contribution in [0.15, 0.2) is 22.7 Å². The van der Waals surface area contributed by atoms with Gasteiger partial charge in [0, 0.05) is 17.3 Å². The highest BCUT2D eigenvalue weighted by atomic mass is 79.9. The third-order valence-electron chi connectivity index (χ3n) is 4.32. The van der Waals surface area contributed by atoms with Crippen LogP contribution in [0.5, 0.6) is 11.5 Å². The molecule has 1 aromatic rings. The third kappa shape index (κ3) is 11.2. The van der Waals surface area contributed by atoms with Crippen LogP contribution in [0.4, 0.5) is 0 Å². The molecule has 0 heterocycles. The van der Waals surface area contributed by atoms with Crippen LogP contribution >= 0.6 is 15.9 Å². The minimum absolute atomic E-state index is 0.286. The van der Waals surface area contributed by atoms with Gasteiger partial charge in [-0.2, -0.15) is 0 Å². The Morgan fingerprint density at radius 1 is 0.741 bits per heavy atom. The van der Waals surface area contributed by atoms with Crippen molar-refractivity contribution in [1.29, 1.82) is 0 Å². The van der Waals surface area contributed by atoms with E-state index in [9.17, 15) is 9.59 Å². The number of rotatable bonds is 14. The molecule has 0 spiro atoms. The number of carbonyl (C=O) groups excluding carboxylic acids is 2. The molecule has 152 valence electrons. The van der Waals surface area contributed by atoms with E-state index >= 15 is 0 Å². The molecule has 0 atom stereocenters. The summed E-state index contributed by atoms with van der Waals surface area (Å²) in [5.41, 5.74) is 0. The Balaban J connectivity index is 2.49. The van der Waals surface area contributed by atoms with Gasteiger partial charge in [0.05, 0.1) is 0 Å². The van der Waals surface area contributed by atoms with Gasteiger partial charge in [-0.1, -0.05) is 81.1 Å². The van der Waals surface area contributed by atoms with Crippen LogP contribution < -0.4 is 9.47 Å². The van der Waals surface area contributed by atoms with E-state index in [2.05, 4.69) is 29.8 Å². The standard InChI is InChI=1S/C22H33BrO4/c1-3-5-7-9-11-13-21(24)26-19-16-15-18(23)17-20(19)27-22(25)14-12-10-8-6-4-2/h15-17H,3-14H2,1-2H3. The second-order valence-corrected chi connectivity index (χ2v) is 7.78. The molecule has 0 radical (unpaired) electrons. The van der Waals surface area contributed by atoms with Gasteiger partial charge in [-0.05, 0) is 31.0 Å². The Labute approximate surface area is 172 Å². The number of halogens is 1. The molecular formula is C22H33BrO4. The summed E-state index contributed by atoms with van der Waals surface area (Å²) < 4.78 is 11.6. The first-order valence-electron chi connectivity index (χ1n) is 10.3. The number of hydrogen-bond donors (Lipinski definition) is 0. The van der Waals surface area contributed by atoms with Crippen LogP contribution in [0.25, 0.3) is 0 Å². The van der Waals surface area contributed by atoms with Gasteiger partial charge < -0.3 is 9.47 Å². The normalized spacial score (nSPS) is 10.6. The van der Waals surface area contributed by atoms with Gasteiger partial charge in [0.25, 0.3) is 0 Å². The maximum absolute atomic E-state index is 12.1. The summed E-state index contributed by atoms with van der Waals surface area (Å²) in [4.78, 5) is 24.2. The summed E-state index contributed by atoms with van der Waals surface area (Å²) in [6.07, 6.45) is 11.5. The molecule has 1 rings (SSSR count). The minimum atomic E-state index is -0.290. The fourth-order valence-corrected chi connectivity index (χ4v) is 3.08. The maximum atomic E-state index is 12.1. The molecule has 0 amide bonds. The fraction of sp³-hybridized carbons (Fsp3) is 0.636. The minimum Gasteiger partial charge on any atom is -0.423 e. The monoisotopic (exact) mass is 440 g/mol. The quantitative estimate of drug-likeness (QED) is 0.178. The van der Waals surface area contributed by atoms with Crippen molar-refractivity contribution < 1.29 is 19.1 Å². The molecule has 0 saturated heterocycles. The summed E-state index contributed by atoms with van der Waals surface area (Å²) in [5, 5.41) is 0. The topological polar surface area (TPSA) is 52.6 Å². The Kier molecular flexibility index (Phi) is 12.9. The first kappa shape index (κ1) is 23.7. The Morgan fingerprint density at radius 2 is 1.22 bits per heavy atom. The summed E-state index contributed by atoms with van der Waals surface area (Å²) >= 11 is 3.37. The lowest BCUT2D eigenvalue weighted by Crippen LogP contribution is -2.12. The van der Waals surface area contributed by atoms with Crippen molar-refractivity contribution in [1.82, 2.24) is 0 Å². The van der Waals surface area contributed by atoms with Crippen LogP contribution in [0.2, 0.25) is 0 Å². The van der Waals surface area contributed by atoms with E-state index in [4.69, 9.17) is 9.47 Å². The first-order valence-corrected chi connectivity index (χ1v) is 11.1. The molecule has 1 aromatic carbocycles. The van der Waals surface area contributed by atoms with Crippen LogP contribution in [0, 0.1) is 0 Å². The molecule has 0 N–H and O–H groups in total. The molecule has 0 fully saturated rings. The number of unbranched alkanes of at least 4 members (excludes halogenated alkanes) is 8. The SMILES string of the molecule is CCCCCCCC(=O)Oc1ccc(Br)cc1OC(=O)CCCCCCC. The summed E-state index contributed by atoms with van der Waals surface area (Å²) in [5.74, 6) is 0.0190. The van der Waals surface area contributed by atoms with E-state index in [0.717, 1.165) is 43.0 Å². The number of benzene rings is 1. The van der Waals surface area contributed by atoms with E-state index in [-0.39, 0.29) is 11.9 Å². The maximum Gasteiger partial charge on any atom is 0.311 e. The van der Waals surface area contributed by atoms with Crippen molar-refractivity contribution in [3.8, 4) is 11.5 Å². The molecule has 27 heavy (non-hydrogen) atoms. The lowest BCUT2D eigenvalue weighted by molar-refractivity contribution is -0.137. The van der Waals surface area contributed by atoms with Crippen molar-refractivity contribution in [2.45, 2.75) is 90.9 Å². The highest BCUT2D eigenvalue weighted by Gasteiger charge is 2.14. The van der Waals surface area contributed by atoms with Crippen molar-refractivity contribution in [2.75, 3.05) is 0 Å². The Morgan fingerprint density at radius 3 is 1.74 bits per heavy atom. The van der Waals surface area contributed by atoms with Crippen LogP contribution in [-0.4, -0.2) is 11.9 Å². The lowest BCUT2D eigenvalue weighted by atomic mass is 10.1. The molecule has 4 nitrogen and oxygen atoms in total. The summed E-state index contributed by atoms with van der Waals surface area (Å²) in [6, 6.07) is 5.09. The number of hydrogen-bond acceptors (Lipinski definition) is 4. The largest absolute Gasteiger partial charge is 0.423 e. The van der Waals surface area contributed by atoms with Crippen molar-refractivity contribution in [3.63, 3.8) is 0 Å². The predicted octanol–water partition coefficient (Wildman–Crippen LogP) is 6.98. The highest BCUT2D eigenvalue weighted by Crippen LogP contribution is 2.31. The molecule has 0 aromatic heterocycles. The van der Waals surface area contributed by atoms with Gasteiger partial charge in [0.2, 0.25) is 0 Å². The number of carbonyl (C=O) groups is 2. The zero-order valence-corrected chi connectivity index (χ0v) is 18.3. The predicted molar refractivity (Wildman–Crippen MR) is 112 cm³/mol. The van der Waals surface area contributed by atoms with Gasteiger partial charge in [0.1, 0.15) is 0 Å². The molecule has 0 aliphatic heterocycles. The summed E-state index contributed by atoms with van der Waals surface area (Å²) in [7, 11) is 0. The van der Waals surface area contributed by atoms with E-state index in [1.807, 2.05) is 0 Å². The fourth-order valence-electron chi connectivity index (χ4n) is 2.74.